The van der Waals surface area contributed by atoms with E-state index in [1.807, 2.05) is 16.6 Å². The highest BCUT2D eigenvalue weighted by Crippen LogP contribution is 2.48. The van der Waals surface area contributed by atoms with E-state index in [9.17, 15) is 4.79 Å². The second-order valence-corrected chi connectivity index (χ2v) is 13.2. The van der Waals surface area contributed by atoms with Crippen LogP contribution in [0, 0.1) is 17.3 Å². The molecule has 1 aromatic carbocycles. The molecule has 1 aliphatic heterocycles. The van der Waals surface area contributed by atoms with Gasteiger partial charge in [-0.15, -0.1) is 5.10 Å². The average molecular weight is 538 g/mol. The maximum absolute atomic E-state index is 11.0. The molecule has 11 heteroatoms. The first-order valence-corrected chi connectivity index (χ1v) is 13.3. The smallest absolute Gasteiger partial charge is 0.404 e. The summed E-state index contributed by atoms with van der Waals surface area (Å²) in [5.74, 6) is 1.47. The molecule has 3 N–H and O–H groups in total. The van der Waals surface area contributed by atoms with E-state index in [1.54, 1.807) is 6.07 Å². The van der Waals surface area contributed by atoms with Gasteiger partial charge in [0.2, 0.25) is 10.1 Å². The van der Waals surface area contributed by atoms with E-state index in [0.717, 1.165) is 46.7 Å². The van der Waals surface area contributed by atoms with E-state index >= 15 is 0 Å². The Morgan fingerprint density at radius 1 is 1.20 bits per heavy atom. The average Bonchev–Trinajstić information content (AvgIpc) is 3.11. The zero-order chi connectivity index (χ0) is 25.3. The summed E-state index contributed by atoms with van der Waals surface area (Å²) in [6.07, 6.45) is -0.0233. The Kier molecular flexibility index (Phi) is 5.89. The molecule has 5 rings (SSSR count). The van der Waals surface area contributed by atoms with Crippen molar-refractivity contribution in [3.05, 3.63) is 28.2 Å². The number of benzene rings is 1. The number of rotatable bonds is 6. The van der Waals surface area contributed by atoms with Gasteiger partial charge in [-0.1, -0.05) is 67.4 Å². The van der Waals surface area contributed by atoms with Crippen molar-refractivity contribution in [3.8, 4) is 11.3 Å². The van der Waals surface area contributed by atoms with Gasteiger partial charge in [0.05, 0.1) is 10.0 Å². The summed E-state index contributed by atoms with van der Waals surface area (Å²) < 4.78 is 1.87. The fourth-order valence-electron chi connectivity index (χ4n) is 5.58. The first-order valence-electron chi connectivity index (χ1n) is 11.7. The van der Waals surface area contributed by atoms with E-state index in [1.165, 1.54) is 11.3 Å². The summed E-state index contributed by atoms with van der Waals surface area (Å²) in [6, 6.07) is 5.62. The van der Waals surface area contributed by atoms with E-state index in [4.69, 9.17) is 38.4 Å². The first kappa shape index (κ1) is 24.5. The van der Waals surface area contributed by atoms with E-state index in [-0.39, 0.29) is 17.0 Å². The molecule has 3 aromatic rings. The minimum Gasteiger partial charge on any atom is -0.465 e. The quantitative estimate of drug-likeness (QED) is 0.352. The molecule has 1 amide bonds. The lowest BCUT2D eigenvalue weighted by Gasteiger charge is -2.34. The number of hydrogen-bond donors (Lipinski definition) is 3. The van der Waals surface area contributed by atoms with Gasteiger partial charge < -0.3 is 20.6 Å². The Hall–Kier alpha value is -2.23. The highest BCUT2D eigenvalue weighted by Gasteiger charge is 2.57. The molecule has 2 aromatic heterocycles. The van der Waals surface area contributed by atoms with Crippen molar-refractivity contribution in [1.82, 2.24) is 19.9 Å². The van der Waals surface area contributed by atoms with Gasteiger partial charge in [-0.25, -0.2) is 9.78 Å². The van der Waals surface area contributed by atoms with Gasteiger partial charge in [-0.2, -0.15) is 4.52 Å². The molecule has 0 bridgehead atoms. The van der Waals surface area contributed by atoms with Crippen molar-refractivity contribution in [3.63, 3.8) is 0 Å². The predicted octanol–water partition coefficient (Wildman–Crippen LogP) is 6.09. The summed E-state index contributed by atoms with van der Waals surface area (Å²) in [7, 11) is 0. The zero-order valence-electron chi connectivity index (χ0n) is 20.4. The number of imidazole rings is 1. The fourth-order valence-corrected chi connectivity index (χ4v) is 6.89. The monoisotopic (exact) mass is 536 g/mol. The third kappa shape index (κ3) is 4.78. The maximum atomic E-state index is 11.0. The van der Waals surface area contributed by atoms with Crippen molar-refractivity contribution >= 4 is 56.5 Å². The number of halogens is 2. The number of nitrogens with one attached hydrogen (secondary N) is 2. The summed E-state index contributed by atoms with van der Waals surface area (Å²) in [4.78, 5) is 18.9. The molecule has 2 fully saturated rings. The minimum atomic E-state index is -0.954. The molecule has 0 radical (unpaired) electrons. The lowest BCUT2D eigenvalue weighted by molar-refractivity contribution is 0.192. The van der Waals surface area contributed by atoms with Gasteiger partial charge in [0.25, 0.3) is 0 Å². The molecule has 1 saturated carbocycles. The van der Waals surface area contributed by atoms with Gasteiger partial charge in [0.15, 0.2) is 5.82 Å². The Morgan fingerprint density at radius 2 is 1.89 bits per heavy atom. The van der Waals surface area contributed by atoms with Crippen molar-refractivity contribution in [1.29, 1.82) is 0 Å². The van der Waals surface area contributed by atoms with Crippen LogP contribution in [0.25, 0.3) is 16.2 Å². The van der Waals surface area contributed by atoms with Crippen LogP contribution in [0.3, 0.4) is 0 Å². The number of amides is 1. The van der Waals surface area contributed by atoms with Crippen molar-refractivity contribution < 1.29 is 9.90 Å². The topological polar surface area (TPSA) is 94.8 Å². The van der Waals surface area contributed by atoms with Crippen molar-refractivity contribution in [2.75, 3.05) is 23.3 Å². The van der Waals surface area contributed by atoms with Crippen LogP contribution in [0.4, 0.5) is 15.7 Å². The summed E-state index contributed by atoms with van der Waals surface area (Å²) in [5.41, 5.74) is 1.37. The van der Waals surface area contributed by atoms with Crippen LogP contribution < -0.4 is 15.5 Å². The van der Waals surface area contributed by atoms with Crippen LogP contribution in [0.2, 0.25) is 10.0 Å². The number of piperidine rings is 1. The van der Waals surface area contributed by atoms with Crippen LogP contribution in [0.15, 0.2) is 18.2 Å². The highest BCUT2D eigenvalue weighted by atomic mass is 35.5. The molecule has 2 aliphatic rings. The molecule has 188 valence electrons. The van der Waals surface area contributed by atoms with Gasteiger partial charge in [0, 0.05) is 42.1 Å². The van der Waals surface area contributed by atoms with Crippen molar-refractivity contribution in [2.45, 2.75) is 52.6 Å². The van der Waals surface area contributed by atoms with Crippen LogP contribution in [0.1, 0.15) is 41.0 Å². The van der Waals surface area contributed by atoms with E-state index < -0.39 is 6.09 Å². The standard InChI is InChI=1S/C24H30Cl2N6O2S/c1-23(2,3)11-24(4,5)29-19-18(12-7-6-8-15(25)16(12)26)27-20-32(19)30-21(35-20)31-9-13-14(10-31)17(13)28-22(33)34/h6-8,13-14,17,28-29H,9-11H2,1-5H3,(H,33,34)/t13-,14+,17+. The Labute approximate surface area is 218 Å². The molecule has 3 heterocycles. The number of aromatic nitrogens is 3. The molecule has 1 aliphatic carbocycles. The number of fused-ring (bicyclic) bond motifs is 2. The van der Waals surface area contributed by atoms with Gasteiger partial charge in [0.1, 0.15) is 5.69 Å². The zero-order valence-corrected chi connectivity index (χ0v) is 22.7. The largest absolute Gasteiger partial charge is 0.465 e. The molecule has 8 nitrogen and oxygen atoms in total. The molecule has 0 unspecified atom stereocenters. The second kappa shape index (κ2) is 8.42. The van der Waals surface area contributed by atoms with E-state index in [2.05, 4.69) is 50.2 Å². The summed E-state index contributed by atoms with van der Waals surface area (Å²) >= 11 is 14.5. The lowest BCUT2D eigenvalue weighted by Crippen LogP contribution is -2.36. The van der Waals surface area contributed by atoms with Gasteiger partial charge >= 0.3 is 6.09 Å². The molecule has 0 spiro atoms. The highest BCUT2D eigenvalue weighted by molar-refractivity contribution is 7.20. The fraction of sp³-hybridized carbons (Fsp3) is 0.542. The third-order valence-corrected chi connectivity index (χ3v) is 8.37. The minimum absolute atomic E-state index is 0.0554. The van der Waals surface area contributed by atoms with Crippen LogP contribution in [-0.4, -0.2) is 50.5 Å². The summed E-state index contributed by atoms with van der Waals surface area (Å²) in [5, 5.41) is 22.1. The van der Waals surface area contributed by atoms with Crippen LogP contribution in [-0.2, 0) is 0 Å². The van der Waals surface area contributed by atoms with Crippen molar-refractivity contribution in [2.24, 2.45) is 17.3 Å². The Bertz CT molecular complexity index is 1290. The molecule has 1 saturated heterocycles. The van der Waals surface area contributed by atoms with Crippen LogP contribution in [0.5, 0.6) is 0 Å². The number of nitrogens with zero attached hydrogens (tertiary/aromatic N) is 4. The number of anilines is 2. The molecular formula is C24H30Cl2N6O2S. The molecule has 3 atom stereocenters. The Morgan fingerprint density at radius 3 is 2.51 bits per heavy atom. The number of carbonyl (C=O) groups is 1. The molecular weight excluding hydrogens is 507 g/mol. The number of carboxylic acid groups (broad SMARTS) is 1. The van der Waals surface area contributed by atoms with Gasteiger partial charge in [-0.05, 0) is 31.7 Å². The summed E-state index contributed by atoms with van der Waals surface area (Å²) in [6.45, 7) is 12.6. The van der Waals surface area contributed by atoms with Crippen LogP contribution >= 0.6 is 34.5 Å². The second-order valence-electron chi connectivity index (χ2n) is 11.4. The number of hydrogen-bond acceptors (Lipinski definition) is 6. The van der Waals surface area contributed by atoms with Gasteiger partial charge in [-0.3, -0.25) is 0 Å². The normalized spacial score (nSPS) is 21.9. The maximum Gasteiger partial charge on any atom is 0.404 e. The molecule has 35 heavy (non-hydrogen) atoms. The third-order valence-electron chi connectivity index (χ3n) is 6.58. The predicted molar refractivity (Wildman–Crippen MR) is 142 cm³/mol. The Balaban J connectivity index is 1.50. The SMILES string of the molecule is CC(C)(C)CC(C)(C)Nc1c(-c2cccc(Cl)c2Cl)nc2sc(N3C[C@@H]4[C@H](C3)[C@H]4NC(=O)O)nn12. The lowest BCUT2D eigenvalue weighted by atomic mass is 9.82. The van der Waals surface area contributed by atoms with E-state index in [0.29, 0.717) is 21.9 Å². The first-order chi connectivity index (χ1) is 16.3.